The van der Waals surface area contributed by atoms with Crippen molar-refractivity contribution >= 4 is 11.8 Å². The first-order valence-corrected chi connectivity index (χ1v) is 5.19. The second kappa shape index (κ2) is 4.66. The molecule has 0 spiro atoms. The van der Waals surface area contributed by atoms with Crippen molar-refractivity contribution in [1.29, 1.82) is 0 Å². The van der Waals surface area contributed by atoms with Crippen molar-refractivity contribution in [1.82, 2.24) is 0 Å². The quantitative estimate of drug-likeness (QED) is 0.574. The smallest absolute Gasteiger partial charge is 0.411 e. The molecule has 0 saturated heterocycles. The molecule has 0 aliphatic heterocycles. The van der Waals surface area contributed by atoms with Crippen molar-refractivity contribution < 1.29 is 27.5 Å². The van der Waals surface area contributed by atoms with Gasteiger partial charge in [0.05, 0.1) is 0 Å². The summed E-state index contributed by atoms with van der Waals surface area (Å²) in [6.07, 6.45) is -5.61. The molecule has 0 aromatic rings. The van der Waals surface area contributed by atoms with E-state index >= 15 is 0 Å². The van der Waals surface area contributed by atoms with Crippen LogP contribution in [0.1, 0.15) is 41.0 Å². The first kappa shape index (κ1) is 15.9. The topological polar surface area (TPSA) is 43.4 Å². The van der Waals surface area contributed by atoms with Gasteiger partial charge >= 0.3 is 12.1 Å². The van der Waals surface area contributed by atoms with Crippen LogP contribution in [-0.2, 0) is 14.3 Å². The monoisotopic (exact) mass is 254 g/mol. The van der Waals surface area contributed by atoms with Gasteiger partial charge in [-0.3, -0.25) is 9.59 Å². The predicted molar refractivity (Wildman–Crippen MR) is 55.3 cm³/mol. The molecular formula is C11H17F3O3. The lowest BCUT2D eigenvalue weighted by molar-refractivity contribution is -0.234. The molecule has 0 aliphatic carbocycles. The molecule has 3 nitrogen and oxygen atoms in total. The van der Waals surface area contributed by atoms with Crippen LogP contribution in [-0.4, -0.2) is 23.5 Å². The molecule has 0 rings (SSSR count). The second-order valence-electron chi connectivity index (χ2n) is 4.81. The van der Waals surface area contributed by atoms with Crippen LogP contribution in [0.2, 0.25) is 0 Å². The number of hydrogen-bond acceptors (Lipinski definition) is 3. The summed E-state index contributed by atoms with van der Waals surface area (Å²) in [5.74, 6) is -2.78. The molecule has 0 heterocycles. The van der Waals surface area contributed by atoms with Crippen LogP contribution in [0.3, 0.4) is 0 Å². The summed E-state index contributed by atoms with van der Waals surface area (Å²) in [6, 6.07) is 0. The van der Waals surface area contributed by atoms with Crippen molar-refractivity contribution in [2.75, 3.05) is 0 Å². The second-order valence-corrected chi connectivity index (χ2v) is 4.81. The molecule has 0 amide bonds. The number of ether oxygens (including phenoxy) is 1. The number of alkyl halides is 3. The Kier molecular flexibility index (Phi) is 4.37. The van der Waals surface area contributed by atoms with Gasteiger partial charge in [0, 0.05) is 0 Å². The van der Waals surface area contributed by atoms with E-state index in [9.17, 15) is 22.8 Å². The highest BCUT2D eigenvalue weighted by Gasteiger charge is 2.64. The van der Waals surface area contributed by atoms with Gasteiger partial charge in [-0.15, -0.1) is 0 Å². The molecule has 0 aromatic carbocycles. The van der Waals surface area contributed by atoms with E-state index in [0.717, 1.165) is 13.8 Å². The lowest BCUT2D eigenvalue weighted by Gasteiger charge is -2.33. The Hall–Kier alpha value is -1.07. The van der Waals surface area contributed by atoms with Crippen LogP contribution in [0.4, 0.5) is 13.2 Å². The number of carbonyl (C=O) groups excluding carboxylic acids is 2. The fourth-order valence-electron chi connectivity index (χ4n) is 1.42. The Morgan fingerprint density at radius 3 is 1.71 bits per heavy atom. The highest BCUT2D eigenvalue weighted by Crippen LogP contribution is 2.43. The molecular weight excluding hydrogens is 237 g/mol. The van der Waals surface area contributed by atoms with Crippen LogP contribution in [0.15, 0.2) is 0 Å². The Morgan fingerprint density at radius 1 is 1.12 bits per heavy atom. The molecule has 0 fully saturated rings. The third-order valence-corrected chi connectivity index (χ3v) is 2.36. The first-order chi connectivity index (χ1) is 7.38. The highest BCUT2D eigenvalue weighted by molar-refractivity contribution is 6.03. The summed E-state index contributed by atoms with van der Waals surface area (Å²) < 4.78 is 43.5. The summed E-state index contributed by atoms with van der Waals surface area (Å²) in [4.78, 5) is 22.9. The van der Waals surface area contributed by atoms with Gasteiger partial charge in [-0.05, 0) is 34.1 Å². The lowest BCUT2D eigenvalue weighted by Crippen LogP contribution is -2.52. The van der Waals surface area contributed by atoms with Gasteiger partial charge in [0.15, 0.2) is 5.78 Å². The van der Waals surface area contributed by atoms with Gasteiger partial charge in [0.25, 0.3) is 0 Å². The number of Topliss-reactive ketones (excluding diaryl/α,β-unsaturated/α-hetero) is 1. The molecule has 0 N–H and O–H groups in total. The van der Waals surface area contributed by atoms with E-state index in [1.165, 1.54) is 20.8 Å². The minimum absolute atomic E-state index is 0.666. The van der Waals surface area contributed by atoms with Crippen molar-refractivity contribution in [3.8, 4) is 0 Å². The van der Waals surface area contributed by atoms with Crippen LogP contribution >= 0.6 is 0 Å². The van der Waals surface area contributed by atoms with Gasteiger partial charge < -0.3 is 4.74 Å². The fourth-order valence-corrected chi connectivity index (χ4v) is 1.42. The molecule has 0 saturated carbocycles. The third kappa shape index (κ3) is 3.20. The fraction of sp³-hybridized carbons (Fsp3) is 0.818. The summed E-state index contributed by atoms with van der Waals surface area (Å²) in [5.41, 5.74) is -4.13. The van der Waals surface area contributed by atoms with Crippen molar-refractivity contribution in [3.63, 3.8) is 0 Å². The Morgan fingerprint density at radius 2 is 1.53 bits per heavy atom. The third-order valence-electron chi connectivity index (χ3n) is 2.36. The summed E-state index contributed by atoms with van der Waals surface area (Å²) in [5, 5.41) is 0. The largest absolute Gasteiger partial charge is 0.459 e. The summed E-state index contributed by atoms with van der Waals surface area (Å²) in [7, 11) is 0. The van der Waals surface area contributed by atoms with Crippen molar-refractivity contribution in [2.45, 2.75) is 52.8 Å². The molecule has 1 unspecified atom stereocenters. The van der Waals surface area contributed by atoms with Crippen molar-refractivity contribution in [3.05, 3.63) is 0 Å². The first-order valence-electron chi connectivity index (χ1n) is 5.19. The van der Waals surface area contributed by atoms with Crippen molar-refractivity contribution in [2.24, 2.45) is 5.41 Å². The zero-order valence-corrected chi connectivity index (χ0v) is 10.6. The number of halogens is 3. The van der Waals surface area contributed by atoms with E-state index < -0.39 is 35.4 Å². The number of carbonyl (C=O) groups is 2. The minimum atomic E-state index is -4.95. The summed E-state index contributed by atoms with van der Waals surface area (Å²) >= 11 is 0. The molecule has 0 radical (unpaired) electrons. The molecule has 0 aromatic heterocycles. The molecule has 0 aliphatic rings. The standard InChI is InChI=1S/C11H17F3O3/c1-6-10(7(2)15,11(12,13)14)8(16)17-9(3,4)5/h6H2,1-5H3. The zero-order valence-electron chi connectivity index (χ0n) is 10.6. The van der Waals surface area contributed by atoms with Gasteiger partial charge in [-0.2, -0.15) is 13.2 Å². The highest BCUT2D eigenvalue weighted by atomic mass is 19.4. The average Bonchev–Trinajstić information content (AvgIpc) is 1.97. The van der Waals surface area contributed by atoms with Gasteiger partial charge in [-0.25, -0.2) is 0 Å². The SMILES string of the molecule is CCC(C(C)=O)(C(=O)OC(C)(C)C)C(F)(F)F. The van der Waals surface area contributed by atoms with E-state index in [2.05, 4.69) is 0 Å². The van der Waals surface area contributed by atoms with E-state index in [0.29, 0.717) is 0 Å². The lowest BCUT2D eigenvalue weighted by atomic mass is 9.80. The van der Waals surface area contributed by atoms with E-state index in [1.807, 2.05) is 0 Å². The number of ketones is 1. The molecule has 17 heavy (non-hydrogen) atoms. The van der Waals surface area contributed by atoms with Crippen LogP contribution < -0.4 is 0 Å². The Bertz CT molecular complexity index is 315. The molecule has 1 atom stereocenters. The average molecular weight is 254 g/mol. The molecule has 0 bridgehead atoms. The summed E-state index contributed by atoms with van der Waals surface area (Å²) in [6.45, 7) is 6.23. The predicted octanol–water partition coefficient (Wildman–Crippen LogP) is 2.88. The maximum atomic E-state index is 12.9. The van der Waals surface area contributed by atoms with Crippen LogP contribution in [0.25, 0.3) is 0 Å². The normalized spacial score (nSPS) is 16.2. The van der Waals surface area contributed by atoms with E-state index in [-0.39, 0.29) is 0 Å². The van der Waals surface area contributed by atoms with E-state index in [4.69, 9.17) is 4.74 Å². The van der Waals surface area contributed by atoms with Crippen LogP contribution in [0.5, 0.6) is 0 Å². The van der Waals surface area contributed by atoms with Gasteiger partial charge in [0.1, 0.15) is 5.60 Å². The van der Waals surface area contributed by atoms with E-state index in [1.54, 1.807) is 0 Å². The number of hydrogen-bond donors (Lipinski definition) is 0. The zero-order chi connectivity index (χ0) is 14.1. The maximum Gasteiger partial charge on any atom is 0.411 e. The number of esters is 1. The van der Waals surface area contributed by atoms with Gasteiger partial charge in [-0.1, -0.05) is 6.92 Å². The maximum absolute atomic E-state index is 12.9. The Balaban J connectivity index is 5.50. The Labute approximate surface area is 98.3 Å². The molecule has 6 heteroatoms. The minimum Gasteiger partial charge on any atom is -0.459 e. The van der Waals surface area contributed by atoms with Crippen LogP contribution in [0, 0.1) is 5.41 Å². The molecule has 100 valence electrons. The number of rotatable bonds is 3. The van der Waals surface area contributed by atoms with Gasteiger partial charge in [0.2, 0.25) is 5.41 Å².